The zero-order chi connectivity index (χ0) is 18.8. The summed E-state index contributed by atoms with van der Waals surface area (Å²) in [6.45, 7) is 0. The number of para-hydroxylation sites is 1. The summed E-state index contributed by atoms with van der Waals surface area (Å²) in [7, 11) is 0. The van der Waals surface area contributed by atoms with E-state index in [0.717, 1.165) is 0 Å². The first-order chi connectivity index (χ1) is 11.5. The van der Waals surface area contributed by atoms with Crippen LogP contribution in [0.3, 0.4) is 0 Å². The highest BCUT2D eigenvalue weighted by Crippen LogP contribution is 2.38. The van der Waals surface area contributed by atoms with Crippen LogP contribution >= 0.6 is 0 Å². The second-order valence-corrected chi connectivity index (χ2v) is 5.15. The van der Waals surface area contributed by atoms with E-state index in [0.29, 0.717) is 12.1 Å². The third-order valence-electron chi connectivity index (χ3n) is 3.23. The van der Waals surface area contributed by atoms with Gasteiger partial charge in [0.1, 0.15) is 0 Å². The van der Waals surface area contributed by atoms with E-state index >= 15 is 0 Å². The van der Waals surface area contributed by atoms with Crippen molar-refractivity contribution in [1.29, 1.82) is 0 Å². The number of aliphatic carboxylic acids is 1. The summed E-state index contributed by atoms with van der Waals surface area (Å²) in [6.07, 6.45) is -10.4. The molecule has 0 bridgehead atoms. The number of carboxylic acids is 1. The van der Waals surface area contributed by atoms with E-state index < -0.39 is 41.6 Å². The second-order valence-electron chi connectivity index (χ2n) is 5.15. The summed E-state index contributed by atoms with van der Waals surface area (Å²) in [5.74, 6) is -1.19. The van der Waals surface area contributed by atoms with Crippen LogP contribution in [0.25, 0.3) is 0 Å². The van der Waals surface area contributed by atoms with Gasteiger partial charge in [0.25, 0.3) is 0 Å². The molecule has 0 saturated carbocycles. The van der Waals surface area contributed by atoms with Gasteiger partial charge in [0, 0.05) is 11.4 Å². The second kappa shape index (κ2) is 6.66. The molecule has 9 heteroatoms. The summed E-state index contributed by atoms with van der Waals surface area (Å²) in [5.41, 5.74) is -3.03. The van der Waals surface area contributed by atoms with E-state index in [4.69, 9.17) is 5.11 Å². The van der Waals surface area contributed by atoms with Crippen LogP contribution in [-0.4, -0.2) is 11.1 Å². The molecule has 2 aromatic rings. The molecule has 0 radical (unpaired) electrons. The zero-order valence-corrected chi connectivity index (χ0v) is 12.4. The fourth-order valence-electron chi connectivity index (χ4n) is 2.14. The van der Waals surface area contributed by atoms with Crippen molar-refractivity contribution in [2.45, 2.75) is 18.8 Å². The molecule has 0 spiro atoms. The van der Waals surface area contributed by atoms with Gasteiger partial charge in [-0.2, -0.15) is 26.3 Å². The quantitative estimate of drug-likeness (QED) is 0.744. The highest BCUT2D eigenvalue weighted by Gasteiger charge is 2.37. The van der Waals surface area contributed by atoms with Gasteiger partial charge in [0.15, 0.2) is 0 Å². The van der Waals surface area contributed by atoms with Crippen LogP contribution in [0, 0.1) is 0 Å². The number of rotatable bonds is 4. The number of alkyl halides is 6. The van der Waals surface area contributed by atoms with Gasteiger partial charge in [0.05, 0.1) is 17.5 Å². The number of carboxylic acid groups (broad SMARTS) is 1. The lowest BCUT2D eigenvalue weighted by atomic mass is 10.1. The predicted molar refractivity (Wildman–Crippen MR) is 77.5 cm³/mol. The predicted octanol–water partition coefficient (Wildman–Crippen LogP) is 5.09. The first kappa shape index (κ1) is 18.6. The van der Waals surface area contributed by atoms with E-state index in [1.54, 1.807) is 0 Å². The van der Waals surface area contributed by atoms with Crippen LogP contribution in [0.4, 0.5) is 37.7 Å². The SMILES string of the molecule is O=C(O)Cc1ccccc1Nc1cc(C(F)(F)F)cc(C(F)(F)F)c1. The lowest BCUT2D eigenvalue weighted by Crippen LogP contribution is -2.12. The number of anilines is 2. The van der Waals surface area contributed by atoms with Gasteiger partial charge in [0.2, 0.25) is 0 Å². The average molecular weight is 363 g/mol. The number of halogens is 6. The minimum absolute atomic E-state index is 0.0222. The molecule has 0 saturated heterocycles. The third-order valence-corrected chi connectivity index (χ3v) is 3.23. The van der Waals surface area contributed by atoms with Crippen LogP contribution < -0.4 is 5.32 Å². The Morgan fingerprint density at radius 3 is 1.92 bits per heavy atom. The van der Waals surface area contributed by atoms with Gasteiger partial charge < -0.3 is 10.4 Å². The van der Waals surface area contributed by atoms with Gasteiger partial charge in [-0.3, -0.25) is 4.79 Å². The molecule has 2 N–H and O–H groups in total. The lowest BCUT2D eigenvalue weighted by molar-refractivity contribution is -0.143. The minimum atomic E-state index is -4.96. The van der Waals surface area contributed by atoms with Crippen LogP contribution in [-0.2, 0) is 23.6 Å². The summed E-state index contributed by atoms with van der Waals surface area (Å²) in [6, 6.07) is 6.86. The maximum atomic E-state index is 12.9. The number of nitrogens with one attached hydrogen (secondary N) is 1. The van der Waals surface area contributed by atoms with Crippen molar-refractivity contribution < 1.29 is 36.2 Å². The summed E-state index contributed by atoms with van der Waals surface area (Å²) < 4.78 is 77.1. The van der Waals surface area contributed by atoms with E-state index in [9.17, 15) is 31.1 Å². The highest BCUT2D eigenvalue weighted by atomic mass is 19.4. The molecule has 2 rings (SSSR count). The Balaban J connectivity index is 2.48. The molecule has 0 amide bonds. The van der Waals surface area contributed by atoms with E-state index in [2.05, 4.69) is 5.32 Å². The highest BCUT2D eigenvalue weighted by molar-refractivity contribution is 5.75. The number of hydrogen-bond donors (Lipinski definition) is 2. The van der Waals surface area contributed by atoms with Crippen molar-refractivity contribution in [1.82, 2.24) is 0 Å². The van der Waals surface area contributed by atoms with Crippen molar-refractivity contribution in [3.8, 4) is 0 Å². The Labute approximate surface area is 137 Å². The maximum Gasteiger partial charge on any atom is 0.416 e. The van der Waals surface area contributed by atoms with Crippen molar-refractivity contribution >= 4 is 17.3 Å². The molecule has 134 valence electrons. The van der Waals surface area contributed by atoms with Crippen molar-refractivity contribution in [3.63, 3.8) is 0 Å². The number of hydrogen-bond acceptors (Lipinski definition) is 2. The van der Waals surface area contributed by atoms with Crippen LogP contribution in [0.1, 0.15) is 16.7 Å². The fourth-order valence-corrected chi connectivity index (χ4v) is 2.14. The van der Waals surface area contributed by atoms with Crippen molar-refractivity contribution in [2.24, 2.45) is 0 Å². The molecular weight excluding hydrogens is 352 g/mol. The van der Waals surface area contributed by atoms with Gasteiger partial charge in [-0.05, 0) is 29.8 Å². The molecule has 0 heterocycles. The molecule has 0 aromatic heterocycles. The van der Waals surface area contributed by atoms with E-state index in [1.165, 1.54) is 24.3 Å². The first-order valence-corrected chi connectivity index (χ1v) is 6.83. The Kier molecular flexibility index (Phi) is 4.96. The smallest absolute Gasteiger partial charge is 0.416 e. The Morgan fingerprint density at radius 2 is 1.44 bits per heavy atom. The molecule has 0 aliphatic heterocycles. The molecule has 0 fully saturated rings. The number of benzene rings is 2. The molecule has 2 aromatic carbocycles. The largest absolute Gasteiger partial charge is 0.481 e. The maximum absolute atomic E-state index is 12.9. The van der Waals surface area contributed by atoms with Crippen LogP contribution in [0.5, 0.6) is 0 Å². The molecule has 3 nitrogen and oxygen atoms in total. The van der Waals surface area contributed by atoms with Crippen LogP contribution in [0.2, 0.25) is 0 Å². The van der Waals surface area contributed by atoms with Gasteiger partial charge in [-0.25, -0.2) is 0 Å². The fraction of sp³-hybridized carbons (Fsp3) is 0.188. The average Bonchev–Trinajstić information content (AvgIpc) is 2.46. The van der Waals surface area contributed by atoms with Crippen LogP contribution in [0.15, 0.2) is 42.5 Å². The van der Waals surface area contributed by atoms with Crippen molar-refractivity contribution in [3.05, 3.63) is 59.2 Å². The molecule has 0 aliphatic carbocycles. The van der Waals surface area contributed by atoms with Crippen molar-refractivity contribution in [2.75, 3.05) is 5.32 Å². The Bertz CT molecular complexity index is 751. The van der Waals surface area contributed by atoms with Gasteiger partial charge >= 0.3 is 18.3 Å². The minimum Gasteiger partial charge on any atom is -0.481 e. The molecule has 25 heavy (non-hydrogen) atoms. The normalized spacial score (nSPS) is 12.1. The Hall–Kier alpha value is -2.71. The zero-order valence-electron chi connectivity index (χ0n) is 12.4. The molecular formula is C16H11F6NO2. The van der Waals surface area contributed by atoms with Gasteiger partial charge in [-0.1, -0.05) is 18.2 Å². The molecule has 0 atom stereocenters. The summed E-state index contributed by atoms with van der Waals surface area (Å²) in [4.78, 5) is 10.8. The lowest BCUT2D eigenvalue weighted by Gasteiger charge is -2.16. The summed E-state index contributed by atoms with van der Waals surface area (Å²) >= 11 is 0. The van der Waals surface area contributed by atoms with Gasteiger partial charge in [-0.15, -0.1) is 0 Å². The number of carbonyl (C=O) groups is 1. The molecule has 0 aliphatic rings. The molecule has 0 unspecified atom stereocenters. The van der Waals surface area contributed by atoms with E-state index in [-0.39, 0.29) is 17.3 Å². The standard InChI is InChI=1S/C16H11F6NO2/c17-15(18,19)10-6-11(16(20,21)22)8-12(7-10)23-13-4-2-1-3-9(13)5-14(24)25/h1-4,6-8,23H,5H2,(H,24,25). The third kappa shape index (κ3) is 4.88. The monoisotopic (exact) mass is 363 g/mol. The van der Waals surface area contributed by atoms with E-state index in [1.807, 2.05) is 0 Å². The topological polar surface area (TPSA) is 49.3 Å². The summed E-state index contributed by atoms with van der Waals surface area (Å²) in [5, 5.41) is 11.3. The Morgan fingerprint density at radius 1 is 0.920 bits per heavy atom. The first-order valence-electron chi connectivity index (χ1n) is 6.83.